The predicted molar refractivity (Wildman–Crippen MR) is 66.5 cm³/mol. The molecule has 0 saturated heterocycles. The van der Waals surface area contributed by atoms with E-state index in [0.29, 0.717) is 0 Å². The van der Waals surface area contributed by atoms with E-state index in [1.807, 2.05) is 0 Å². The van der Waals surface area contributed by atoms with Gasteiger partial charge in [0.05, 0.1) is 0 Å². The molecule has 1 aromatic carbocycles. The van der Waals surface area contributed by atoms with Gasteiger partial charge in [-0.25, -0.2) is 0 Å². The Bertz CT molecular complexity index is 453. The van der Waals surface area contributed by atoms with Gasteiger partial charge in [0.25, 0.3) is 0 Å². The molecule has 1 aromatic rings. The molecule has 0 bridgehead atoms. The molecular weight excluding hydrogens is 359 g/mol. The van der Waals surface area contributed by atoms with Crippen molar-refractivity contribution in [2.24, 2.45) is 0 Å². The van der Waals surface area contributed by atoms with Crippen molar-refractivity contribution in [1.82, 2.24) is 0 Å². The second kappa shape index (κ2) is 3.94. The van der Waals surface area contributed by atoms with Gasteiger partial charge in [0, 0.05) is 0 Å². The Balaban J connectivity index is 2.11. The van der Waals surface area contributed by atoms with Crippen LogP contribution in [0.4, 0.5) is 0 Å². The Morgan fingerprint density at radius 2 is 1.81 bits per heavy atom. The van der Waals surface area contributed by atoms with Crippen LogP contribution in [-0.4, -0.2) is 0 Å². The van der Waals surface area contributed by atoms with Gasteiger partial charge in [-0.05, 0) is 0 Å². The van der Waals surface area contributed by atoms with E-state index in [9.17, 15) is 0 Å². The molecule has 0 N–H and O–H groups in total. The molecule has 0 nitrogen and oxygen atoms in total. The molecule has 1 atom stereocenters. The zero-order valence-electron chi connectivity index (χ0n) is 10.4. The summed E-state index contributed by atoms with van der Waals surface area (Å²) in [6.07, 6.45) is 5.32. The van der Waals surface area contributed by atoms with E-state index in [4.69, 9.17) is 0 Å². The molecule has 0 spiro atoms. The Morgan fingerprint density at radius 1 is 1.12 bits per heavy atom. The molecule has 1 unspecified atom stereocenters. The van der Waals surface area contributed by atoms with E-state index in [0.717, 1.165) is 9.59 Å². The van der Waals surface area contributed by atoms with Gasteiger partial charge in [0.1, 0.15) is 0 Å². The van der Waals surface area contributed by atoms with Gasteiger partial charge in [0.2, 0.25) is 0 Å². The van der Waals surface area contributed by atoms with Crippen molar-refractivity contribution in [2.45, 2.75) is 38.7 Å². The van der Waals surface area contributed by atoms with Crippen molar-refractivity contribution >= 4 is 6.08 Å². The minimum atomic E-state index is -1.33. The summed E-state index contributed by atoms with van der Waals surface area (Å²) >= 11 is -1.33. The first-order valence-electron chi connectivity index (χ1n) is 6.29. The van der Waals surface area contributed by atoms with Crippen LogP contribution in [0.3, 0.4) is 0 Å². The SMILES string of the molecule is CC1=Cc2c(C3CC3)cccc2[CH]1[Hf]([CH3])[CH3]. The van der Waals surface area contributed by atoms with Crippen LogP contribution in [0.15, 0.2) is 23.8 Å². The molecule has 3 rings (SSSR count). The number of benzene rings is 1. The fourth-order valence-electron chi connectivity index (χ4n) is 3.09. The molecule has 0 aliphatic heterocycles. The van der Waals surface area contributed by atoms with Crippen molar-refractivity contribution in [3.8, 4) is 0 Å². The Labute approximate surface area is 106 Å². The second-order valence-corrected chi connectivity index (χ2v) is 15.3. The molecular formula is C15H19Hf. The third kappa shape index (κ3) is 1.68. The maximum absolute atomic E-state index is 2.55. The summed E-state index contributed by atoms with van der Waals surface area (Å²) in [6, 6.07) is 7.04. The maximum atomic E-state index is 2.55. The zero-order chi connectivity index (χ0) is 11.3. The average Bonchev–Trinajstić information content (AvgIpc) is 2.99. The third-order valence-electron chi connectivity index (χ3n) is 3.91. The summed E-state index contributed by atoms with van der Waals surface area (Å²) in [4.78, 5) is 0. The Morgan fingerprint density at radius 3 is 2.44 bits per heavy atom. The molecule has 0 aromatic heterocycles. The standard InChI is InChI=1S/C13H13.2CH3.Hf/c1-9-7-11-3-2-4-12(10-5-6-10)13(11)8-9;;;/h2-4,7-8,10H,5-6H2,1H3;2*1H3;. The third-order valence-corrected chi connectivity index (χ3v) is 10.8. The minimum absolute atomic E-state index is 0.874. The number of hydrogen-bond acceptors (Lipinski definition) is 0. The van der Waals surface area contributed by atoms with Crippen LogP contribution in [0, 0.1) is 0 Å². The van der Waals surface area contributed by atoms with Crippen molar-refractivity contribution in [3.05, 3.63) is 40.5 Å². The van der Waals surface area contributed by atoms with Crippen LogP contribution in [0.5, 0.6) is 0 Å². The fourth-order valence-corrected chi connectivity index (χ4v) is 9.80. The molecule has 1 fully saturated rings. The quantitative estimate of drug-likeness (QED) is 0.653. The zero-order valence-corrected chi connectivity index (χ0v) is 14.0. The Kier molecular flexibility index (Phi) is 2.70. The molecule has 16 heavy (non-hydrogen) atoms. The van der Waals surface area contributed by atoms with E-state index < -0.39 is 21.4 Å². The van der Waals surface area contributed by atoms with Gasteiger partial charge >= 0.3 is 107 Å². The summed E-state index contributed by atoms with van der Waals surface area (Å²) < 4.78 is 5.97. The average molecular weight is 378 g/mol. The first-order valence-corrected chi connectivity index (χ1v) is 15.6. The molecule has 0 amide bonds. The second-order valence-electron chi connectivity index (χ2n) is 5.52. The summed E-state index contributed by atoms with van der Waals surface area (Å²) in [7, 11) is 0. The van der Waals surface area contributed by atoms with Gasteiger partial charge in [-0.15, -0.1) is 0 Å². The molecule has 0 radical (unpaired) electrons. The number of hydrogen-bond donors (Lipinski definition) is 0. The predicted octanol–water partition coefficient (Wildman–Crippen LogP) is 4.74. The van der Waals surface area contributed by atoms with Gasteiger partial charge < -0.3 is 0 Å². The van der Waals surface area contributed by atoms with Gasteiger partial charge in [-0.2, -0.15) is 0 Å². The first kappa shape index (κ1) is 11.0. The number of rotatable bonds is 2. The van der Waals surface area contributed by atoms with E-state index in [-0.39, 0.29) is 0 Å². The van der Waals surface area contributed by atoms with Crippen LogP contribution in [-0.2, 0) is 21.4 Å². The van der Waals surface area contributed by atoms with Crippen LogP contribution in [0.2, 0.25) is 9.36 Å². The molecule has 2 aliphatic rings. The van der Waals surface area contributed by atoms with Crippen molar-refractivity contribution in [3.63, 3.8) is 0 Å². The van der Waals surface area contributed by atoms with Crippen LogP contribution < -0.4 is 0 Å². The first-order chi connectivity index (χ1) is 7.68. The molecule has 1 heteroatoms. The van der Waals surface area contributed by atoms with E-state index in [1.54, 1.807) is 22.3 Å². The molecule has 83 valence electrons. The van der Waals surface area contributed by atoms with E-state index in [2.05, 4.69) is 40.6 Å². The van der Waals surface area contributed by atoms with Crippen LogP contribution in [0.25, 0.3) is 6.08 Å². The van der Waals surface area contributed by atoms with Crippen molar-refractivity contribution in [1.29, 1.82) is 0 Å². The molecule has 1 saturated carbocycles. The summed E-state index contributed by atoms with van der Waals surface area (Å²) in [5, 5.41) is 0. The fraction of sp³-hybridized carbons (Fsp3) is 0.467. The molecule has 0 heterocycles. The normalized spacial score (nSPS) is 22.9. The van der Waals surface area contributed by atoms with Crippen molar-refractivity contribution in [2.75, 3.05) is 0 Å². The number of allylic oxidation sites excluding steroid dienone is 1. The van der Waals surface area contributed by atoms with Gasteiger partial charge in [-0.1, -0.05) is 0 Å². The van der Waals surface area contributed by atoms with E-state index >= 15 is 0 Å². The molecule has 2 aliphatic carbocycles. The van der Waals surface area contributed by atoms with Gasteiger partial charge in [0.15, 0.2) is 0 Å². The Hall–Kier alpha value is -0.170. The summed E-state index contributed by atoms with van der Waals surface area (Å²) in [5.41, 5.74) is 6.58. The van der Waals surface area contributed by atoms with E-state index in [1.165, 1.54) is 12.8 Å². The van der Waals surface area contributed by atoms with Crippen LogP contribution in [0.1, 0.15) is 46.0 Å². The summed E-state index contributed by atoms with van der Waals surface area (Å²) in [6.45, 7) is 2.35. The number of fused-ring (bicyclic) bond motifs is 1. The topological polar surface area (TPSA) is 0 Å². The summed E-state index contributed by atoms with van der Waals surface area (Å²) in [5.74, 6) is 0.889. The van der Waals surface area contributed by atoms with Crippen LogP contribution >= 0.6 is 0 Å². The monoisotopic (exact) mass is 379 g/mol. The van der Waals surface area contributed by atoms with Gasteiger partial charge in [-0.3, -0.25) is 0 Å². The van der Waals surface area contributed by atoms with Crippen molar-refractivity contribution < 1.29 is 21.4 Å².